The highest BCUT2D eigenvalue weighted by Gasteiger charge is 2.30. The first-order valence-electron chi connectivity index (χ1n) is 6.41. The molecule has 21 heavy (non-hydrogen) atoms. The van der Waals surface area contributed by atoms with Crippen LogP contribution in [-0.2, 0) is 0 Å². The van der Waals surface area contributed by atoms with Crippen molar-refractivity contribution in [1.29, 1.82) is 0 Å². The highest BCUT2D eigenvalue weighted by molar-refractivity contribution is 7.99. The topological polar surface area (TPSA) is 106 Å². The third-order valence-corrected chi connectivity index (χ3v) is 4.26. The number of H-pyrrole nitrogens is 1. The lowest BCUT2D eigenvalue weighted by Crippen LogP contribution is -2.16. The van der Waals surface area contributed by atoms with Crippen molar-refractivity contribution in [1.82, 2.24) is 14.8 Å². The molecule has 0 spiro atoms. The van der Waals surface area contributed by atoms with Crippen molar-refractivity contribution in [3.63, 3.8) is 0 Å². The van der Waals surface area contributed by atoms with E-state index in [-0.39, 0.29) is 17.4 Å². The summed E-state index contributed by atoms with van der Waals surface area (Å²) in [4.78, 5) is 23.0. The summed E-state index contributed by atoms with van der Waals surface area (Å²) in [6.07, 6.45) is 1.87. The van der Waals surface area contributed by atoms with E-state index in [1.165, 1.54) is 0 Å². The Morgan fingerprint density at radius 3 is 2.90 bits per heavy atom. The zero-order chi connectivity index (χ0) is 15.0. The van der Waals surface area contributed by atoms with Crippen LogP contribution < -0.4 is 11.0 Å². The molecule has 2 N–H and O–H groups in total. The molecule has 0 amide bonds. The Morgan fingerprint density at radius 2 is 2.29 bits per heavy atom. The number of anilines is 1. The lowest BCUT2D eigenvalue weighted by Gasteiger charge is -2.07. The minimum atomic E-state index is -0.430. The molecule has 3 rings (SSSR count). The van der Waals surface area contributed by atoms with Gasteiger partial charge >= 0.3 is 11.4 Å². The molecule has 1 aromatic heterocycles. The first-order chi connectivity index (χ1) is 10.1. The summed E-state index contributed by atoms with van der Waals surface area (Å²) in [5.74, 6) is 0. The van der Waals surface area contributed by atoms with Gasteiger partial charge in [-0.1, -0.05) is 6.07 Å². The summed E-state index contributed by atoms with van der Waals surface area (Å²) in [6, 6.07) is 5.18. The van der Waals surface area contributed by atoms with Crippen molar-refractivity contribution in [2.24, 2.45) is 0 Å². The predicted octanol–water partition coefficient (Wildman–Crippen LogP) is 2.01. The van der Waals surface area contributed by atoms with E-state index in [1.807, 2.05) is 0 Å². The lowest BCUT2D eigenvalue weighted by molar-refractivity contribution is -0.386. The van der Waals surface area contributed by atoms with Gasteiger partial charge in [0.2, 0.25) is 0 Å². The van der Waals surface area contributed by atoms with Crippen molar-refractivity contribution in [2.45, 2.75) is 28.9 Å². The van der Waals surface area contributed by atoms with Crippen LogP contribution in [-0.4, -0.2) is 26.7 Å². The third-order valence-electron chi connectivity index (χ3n) is 3.24. The second-order valence-electron chi connectivity index (χ2n) is 4.67. The van der Waals surface area contributed by atoms with E-state index in [0.29, 0.717) is 15.7 Å². The monoisotopic (exact) mass is 307 g/mol. The van der Waals surface area contributed by atoms with Gasteiger partial charge in [-0.25, -0.2) is 9.89 Å². The summed E-state index contributed by atoms with van der Waals surface area (Å²) in [5.41, 5.74) is 0.149. The van der Waals surface area contributed by atoms with Gasteiger partial charge in [-0.3, -0.25) is 14.7 Å². The molecule has 1 aromatic carbocycles. The molecule has 9 heteroatoms. The molecule has 0 atom stereocenters. The van der Waals surface area contributed by atoms with Crippen molar-refractivity contribution in [2.75, 3.05) is 12.4 Å². The summed E-state index contributed by atoms with van der Waals surface area (Å²) in [5, 5.41) is 20.9. The molecule has 0 aliphatic heterocycles. The predicted molar refractivity (Wildman–Crippen MR) is 77.9 cm³/mol. The number of aromatic amines is 1. The number of benzene rings is 1. The number of para-hydroxylation sites is 1. The van der Waals surface area contributed by atoms with Gasteiger partial charge in [0.25, 0.3) is 0 Å². The fourth-order valence-corrected chi connectivity index (χ4v) is 3.16. The molecule has 1 aliphatic rings. The molecule has 1 aliphatic carbocycles. The van der Waals surface area contributed by atoms with Crippen LogP contribution in [0.15, 0.2) is 33.0 Å². The second-order valence-corrected chi connectivity index (χ2v) is 5.68. The maximum absolute atomic E-state index is 11.7. The van der Waals surface area contributed by atoms with Gasteiger partial charge in [-0.15, -0.1) is 5.10 Å². The molecule has 0 radical (unpaired) electrons. The fraction of sp³-hybridized carbons (Fsp3) is 0.333. The molecule has 1 saturated carbocycles. The number of rotatable bonds is 5. The fourth-order valence-electron chi connectivity index (χ4n) is 2.11. The highest BCUT2D eigenvalue weighted by Crippen LogP contribution is 2.41. The van der Waals surface area contributed by atoms with E-state index in [1.54, 1.807) is 29.8 Å². The van der Waals surface area contributed by atoms with E-state index in [9.17, 15) is 14.9 Å². The zero-order valence-electron chi connectivity index (χ0n) is 11.2. The molecule has 0 saturated heterocycles. The summed E-state index contributed by atoms with van der Waals surface area (Å²) >= 11 is 1.13. The third kappa shape index (κ3) is 2.51. The average Bonchev–Trinajstić information content (AvgIpc) is 3.23. The first kappa shape index (κ1) is 13.7. The van der Waals surface area contributed by atoms with Gasteiger partial charge < -0.3 is 5.32 Å². The number of nitro groups is 1. The van der Waals surface area contributed by atoms with Gasteiger partial charge in [0.05, 0.1) is 9.82 Å². The van der Waals surface area contributed by atoms with Crippen LogP contribution in [0.1, 0.15) is 18.9 Å². The Balaban J connectivity index is 2.02. The quantitative estimate of drug-likeness (QED) is 0.646. The first-order valence-corrected chi connectivity index (χ1v) is 7.23. The Morgan fingerprint density at radius 1 is 1.52 bits per heavy atom. The summed E-state index contributed by atoms with van der Waals surface area (Å²) in [6.45, 7) is 0. The van der Waals surface area contributed by atoms with E-state index in [4.69, 9.17) is 0 Å². The number of hydrogen-bond donors (Lipinski definition) is 2. The minimum absolute atomic E-state index is 0.0113. The number of nitrogens with zero attached hydrogens (tertiary/aromatic N) is 3. The van der Waals surface area contributed by atoms with Gasteiger partial charge in [0.1, 0.15) is 5.69 Å². The van der Waals surface area contributed by atoms with Crippen LogP contribution in [0.2, 0.25) is 0 Å². The molecular weight excluding hydrogens is 294 g/mol. The smallest absolute Gasteiger partial charge is 0.344 e. The van der Waals surface area contributed by atoms with Crippen molar-refractivity contribution < 1.29 is 4.92 Å². The van der Waals surface area contributed by atoms with Crippen molar-refractivity contribution in [3.8, 4) is 0 Å². The highest BCUT2D eigenvalue weighted by atomic mass is 32.2. The number of hydrogen-bond acceptors (Lipinski definition) is 6. The molecule has 8 nitrogen and oxygen atoms in total. The Hall–Kier alpha value is -2.29. The van der Waals surface area contributed by atoms with E-state index in [2.05, 4.69) is 15.5 Å². The summed E-state index contributed by atoms with van der Waals surface area (Å²) in [7, 11) is 1.63. The molecule has 0 bridgehead atoms. The molecule has 0 unspecified atom stereocenters. The maximum Gasteiger partial charge on any atom is 0.344 e. The van der Waals surface area contributed by atoms with Crippen LogP contribution >= 0.6 is 11.8 Å². The average molecular weight is 307 g/mol. The van der Waals surface area contributed by atoms with Crippen LogP contribution in [0.3, 0.4) is 0 Å². The Kier molecular flexibility index (Phi) is 3.42. The molecule has 2 aromatic rings. The van der Waals surface area contributed by atoms with Crippen LogP contribution in [0, 0.1) is 10.1 Å². The van der Waals surface area contributed by atoms with E-state index >= 15 is 0 Å². The number of nitro benzene ring substituents is 1. The van der Waals surface area contributed by atoms with Gasteiger partial charge in [-0.2, -0.15) is 0 Å². The largest absolute Gasteiger partial charge is 0.383 e. The Bertz CT molecular complexity index is 750. The zero-order valence-corrected chi connectivity index (χ0v) is 12.0. The van der Waals surface area contributed by atoms with E-state index < -0.39 is 4.92 Å². The molecule has 1 heterocycles. The molecule has 110 valence electrons. The van der Waals surface area contributed by atoms with Crippen molar-refractivity contribution >= 4 is 23.1 Å². The summed E-state index contributed by atoms with van der Waals surface area (Å²) < 4.78 is 1.57. The minimum Gasteiger partial charge on any atom is -0.383 e. The van der Waals surface area contributed by atoms with Crippen LogP contribution in [0.25, 0.3) is 0 Å². The van der Waals surface area contributed by atoms with Gasteiger partial charge in [0, 0.05) is 13.1 Å². The standard InChI is InChI=1S/C12H13N5O3S/c1-13-8-3-2-4-9(10(8)17(19)20)21-12-15-14-11(18)16(12)7-5-6-7/h2-4,7,13H,5-6H2,1H3,(H,14,18). The SMILES string of the molecule is CNc1cccc(Sc2n[nH]c(=O)n2C2CC2)c1[N+](=O)[O-]. The van der Waals surface area contributed by atoms with Crippen LogP contribution in [0.4, 0.5) is 11.4 Å². The normalized spacial score (nSPS) is 14.1. The molecular formula is C12H13N5O3S. The van der Waals surface area contributed by atoms with E-state index in [0.717, 1.165) is 24.6 Å². The van der Waals surface area contributed by atoms with Gasteiger partial charge in [-0.05, 0) is 36.7 Å². The second kappa shape index (κ2) is 5.24. The lowest BCUT2D eigenvalue weighted by atomic mass is 10.3. The van der Waals surface area contributed by atoms with Crippen molar-refractivity contribution in [3.05, 3.63) is 38.8 Å². The number of nitrogens with one attached hydrogen (secondary N) is 2. The maximum atomic E-state index is 11.7. The van der Waals surface area contributed by atoms with Crippen LogP contribution in [0.5, 0.6) is 0 Å². The Labute approximate surface area is 123 Å². The van der Waals surface area contributed by atoms with Gasteiger partial charge in [0.15, 0.2) is 5.16 Å². The number of aromatic nitrogens is 3. The molecule has 1 fully saturated rings.